The van der Waals surface area contributed by atoms with E-state index in [-0.39, 0.29) is 30.4 Å². The first-order valence-corrected chi connectivity index (χ1v) is 8.58. The van der Waals surface area contributed by atoms with Gasteiger partial charge in [0.25, 0.3) is 0 Å². The molecule has 24 heavy (non-hydrogen) atoms. The average molecular weight is 333 g/mol. The second-order valence-corrected chi connectivity index (χ2v) is 6.49. The van der Waals surface area contributed by atoms with Crippen LogP contribution in [0.15, 0.2) is 24.4 Å². The number of hydrogen-bond donors (Lipinski definition) is 4. The van der Waals surface area contributed by atoms with E-state index in [2.05, 4.69) is 15.6 Å². The number of fused-ring (bicyclic) bond motifs is 1. The topological polar surface area (TPSA) is 77.2 Å². The van der Waals surface area contributed by atoms with Crippen LogP contribution in [0.25, 0.3) is 10.9 Å². The fourth-order valence-corrected chi connectivity index (χ4v) is 3.51. The van der Waals surface area contributed by atoms with E-state index in [9.17, 15) is 14.3 Å². The van der Waals surface area contributed by atoms with Crippen LogP contribution in [0.3, 0.4) is 0 Å². The average Bonchev–Trinajstić information content (AvgIpc) is 2.97. The zero-order valence-corrected chi connectivity index (χ0v) is 13.6. The number of halogens is 1. The summed E-state index contributed by atoms with van der Waals surface area (Å²) in [6.45, 7) is 0.628. The number of hydrogen-bond acceptors (Lipinski definition) is 2. The molecule has 1 aliphatic rings. The standard InChI is InChI=1S/C18H24FN3O2/c19-14-5-6-15-12(10-21-17(15)9-14)7-8-20-18(24)22-16-4-2-1-3-13(16)11-23/h5-6,9-10,13,16,21,23H,1-4,7-8,11H2,(H2,20,22,24). The lowest BCUT2D eigenvalue weighted by atomic mass is 9.85. The van der Waals surface area contributed by atoms with Crippen molar-refractivity contribution in [3.05, 3.63) is 35.8 Å². The Morgan fingerprint density at radius 1 is 1.33 bits per heavy atom. The van der Waals surface area contributed by atoms with Crippen LogP contribution in [-0.4, -0.2) is 35.3 Å². The maximum absolute atomic E-state index is 13.2. The predicted molar refractivity (Wildman–Crippen MR) is 91.3 cm³/mol. The number of amides is 2. The molecule has 1 fully saturated rings. The molecule has 0 spiro atoms. The molecular formula is C18H24FN3O2. The highest BCUT2D eigenvalue weighted by atomic mass is 19.1. The van der Waals surface area contributed by atoms with Gasteiger partial charge in [-0.25, -0.2) is 9.18 Å². The summed E-state index contributed by atoms with van der Waals surface area (Å²) < 4.78 is 13.2. The van der Waals surface area contributed by atoms with Gasteiger partial charge in [-0.3, -0.25) is 0 Å². The molecule has 2 aromatic rings. The van der Waals surface area contributed by atoms with Gasteiger partial charge in [-0.1, -0.05) is 12.8 Å². The van der Waals surface area contributed by atoms with Crippen LogP contribution >= 0.6 is 0 Å². The van der Waals surface area contributed by atoms with Gasteiger partial charge in [-0.05, 0) is 43.0 Å². The molecule has 1 heterocycles. The Morgan fingerprint density at radius 2 is 2.17 bits per heavy atom. The highest BCUT2D eigenvalue weighted by Gasteiger charge is 2.25. The van der Waals surface area contributed by atoms with Gasteiger partial charge >= 0.3 is 6.03 Å². The second-order valence-electron chi connectivity index (χ2n) is 6.49. The number of urea groups is 1. The molecule has 1 aromatic carbocycles. The number of nitrogens with one attached hydrogen (secondary N) is 3. The summed E-state index contributed by atoms with van der Waals surface area (Å²) in [6.07, 6.45) is 6.62. The number of aromatic amines is 1. The van der Waals surface area contributed by atoms with Gasteiger partial charge in [0.1, 0.15) is 5.82 Å². The van der Waals surface area contributed by atoms with Crippen molar-refractivity contribution in [2.75, 3.05) is 13.2 Å². The SMILES string of the molecule is O=C(NCCc1c[nH]c2cc(F)ccc12)NC1CCCCC1CO. The van der Waals surface area contributed by atoms with Crippen LogP contribution < -0.4 is 10.6 Å². The number of carbonyl (C=O) groups excluding carboxylic acids is 1. The maximum Gasteiger partial charge on any atom is 0.315 e. The van der Waals surface area contributed by atoms with Crippen LogP contribution in [0, 0.1) is 11.7 Å². The van der Waals surface area contributed by atoms with Crippen molar-refractivity contribution in [3.63, 3.8) is 0 Å². The number of H-pyrrole nitrogens is 1. The van der Waals surface area contributed by atoms with Gasteiger partial charge in [0.15, 0.2) is 0 Å². The van der Waals surface area contributed by atoms with E-state index in [1.165, 1.54) is 12.1 Å². The van der Waals surface area contributed by atoms with Crippen molar-refractivity contribution in [1.82, 2.24) is 15.6 Å². The first-order chi connectivity index (χ1) is 11.7. The lowest BCUT2D eigenvalue weighted by Crippen LogP contribution is -2.48. The largest absolute Gasteiger partial charge is 0.396 e. The first kappa shape index (κ1) is 16.8. The molecule has 1 aliphatic carbocycles. The van der Waals surface area contributed by atoms with Gasteiger partial charge < -0.3 is 20.7 Å². The summed E-state index contributed by atoms with van der Waals surface area (Å²) in [4.78, 5) is 15.1. The molecule has 2 atom stereocenters. The van der Waals surface area contributed by atoms with Crippen molar-refractivity contribution < 1.29 is 14.3 Å². The number of carbonyl (C=O) groups is 1. The smallest absolute Gasteiger partial charge is 0.315 e. The third-order valence-corrected chi connectivity index (χ3v) is 4.87. The zero-order valence-electron chi connectivity index (χ0n) is 13.6. The minimum Gasteiger partial charge on any atom is -0.396 e. The van der Waals surface area contributed by atoms with E-state index in [1.54, 1.807) is 6.07 Å². The summed E-state index contributed by atoms with van der Waals surface area (Å²) >= 11 is 0. The van der Waals surface area contributed by atoms with Gasteiger partial charge in [0, 0.05) is 42.2 Å². The maximum atomic E-state index is 13.2. The van der Waals surface area contributed by atoms with Gasteiger partial charge in [-0.15, -0.1) is 0 Å². The molecule has 2 amide bonds. The third kappa shape index (κ3) is 3.87. The summed E-state index contributed by atoms with van der Waals surface area (Å²) in [7, 11) is 0. The van der Waals surface area contributed by atoms with E-state index in [0.717, 1.165) is 42.1 Å². The molecule has 6 heteroatoms. The molecule has 0 saturated heterocycles. The number of aliphatic hydroxyl groups is 1. The summed E-state index contributed by atoms with van der Waals surface area (Å²) in [5, 5.41) is 16.2. The van der Waals surface area contributed by atoms with Crippen molar-refractivity contribution in [3.8, 4) is 0 Å². The van der Waals surface area contributed by atoms with Crippen molar-refractivity contribution in [2.45, 2.75) is 38.1 Å². The van der Waals surface area contributed by atoms with Crippen molar-refractivity contribution in [1.29, 1.82) is 0 Å². The first-order valence-electron chi connectivity index (χ1n) is 8.58. The fraction of sp³-hybridized carbons (Fsp3) is 0.500. The van der Waals surface area contributed by atoms with Crippen LogP contribution in [0.4, 0.5) is 9.18 Å². The van der Waals surface area contributed by atoms with Crippen LogP contribution in [0.5, 0.6) is 0 Å². The van der Waals surface area contributed by atoms with E-state index in [4.69, 9.17) is 0 Å². The Balaban J connectivity index is 1.49. The lowest BCUT2D eigenvalue weighted by molar-refractivity contribution is 0.154. The Morgan fingerprint density at radius 3 is 3.00 bits per heavy atom. The Labute approximate surface area is 140 Å². The predicted octanol–water partition coefficient (Wildman–Crippen LogP) is 2.70. The molecular weight excluding hydrogens is 309 g/mol. The van der Waals surface area contributed by atoms with Crippen LogP contribution in [-0.2, 0) is 6.42 Å². The molecule has 1 saturated carbocycles. The Hall–Kier alpha value is -2.08. The minimum absolute atomic E-state index is 0.0554. The van der Waals surface area contributed by atoms with E-state index in [0.29, 0.717) is 13.0 Å². The zero-order chi connectivity index (χ0) is 16.9. The summed E-state index contributed by atoms with van der Waals surface area (Å²) in [6, 6.07) is 4.53. The number of benzene rings is 1. The molecule has 130 valence electrons. The van der Waals surface area contributed by atoms with Crippen molar-refractivity contribution >= 4 is 16.9 Å². The quantitative estimate of drug-likeness (QED) is 0.679. The molecule has 5 nitrogen and oxygen atoms in total. The Bertz CT molecular complexity index is 701. The number of rotatable bonds is 5. The molecule has 2 unspecified atom stereocenters. The number of aromatic nitrogens is 1. The minimum atomic E-state index is -0.265. The molecule has 0 bridgehead atoms. The van der Waals surface area contributed by atoms with Gasteiger partial charge in [0.05, 0.1) is 0 Å². The lowest BCUT2D eigenvalue weighted by Gasteiger charge is -2.30. The molecule has 1 aromatic heterocycles. The van der Waals surface area contributed by atoms with Crippen LogP contribution in [0.2, 0.25) is 0 Å². The highest BCUT2D eigenvalue weighted by molar-refractivity contribution is 5.83. The van der Waals surface area contributed by atoms with Gasteiger partial charge in [0.2, 0.25) is 0 Å². The normalized spacial score (nSPS) is 20.9. The fourth-order valence-electron chi connectivity index (χ4n) is 3.51. The van der Waals surface area contributed by atoms with Gasteiger partial charge in [-0.2, -0.15) is 0 Å². The monoisotopic (exact) mass is 333 g/mol. The van der Waals surface area contributed by atoms with E-state index >= 15 is 0 Å². The van der Waals surface area contributed by atoms with E-state index < -0.39 is 0 Å². The Kier molecular flexibility index (Phi) is 5.35. The summed E-state index contributed by atoms with van der Waals surface area (Å²) in [5.74, 6) is -0.104. The number of aliphatic hydroxyl groups excluding tert-OH is 1. The molecule has 0 aliphatic heterocycles. The second kappa shape index (κ2) is 7.66. The molecule has 4 N–H and O–H groups in total. The van der Waals surface area contributed by atoms with E-state index in [1.807, 2.05) is 6.20 Å². The summed E-state index contributed by atoms with van der Waals surface area (Å²) in [5.41, 5.74) is 1.82. The van der Waals surface area contributed by atoms with Crippen LogP contribution in [0.1, 0.15) is 31.2 Å². The molecule has 0 radical (unpaired) electrons. The highest BCUT2D eigenvalue weighted by Crippen LogP contribution is 2.24. The van der Waals surface area contributed by atoms with Crippen molar-refractivity contribution in [2.24, 2.45) is 5.92 Å². The third-order valence-electron chi connectivity index (χ3n) is 4.87. The molecule has 3 rings (SSSR count).